The van der Waals surface area contributed by atoms with E-state index in [-0.39, 0.29) is 12.4 Å². The topological polar surface area (TPSA) is 44.8 Å². The van der Waals surface area contributed by atoms with Gasteiger partial charge in [-0.15, -0.1) is 0 Å². The summed E-state index contributed by atoms with van der Waals surface area (Å²) in [5, 5.41) is 0. The van der Waals surface area contributed by atoms with Gasteiger partial charge < -0.3 is 14.2 Å². The Hall–Kier alpha value is -1.23. The maximum Gasteiger partial charge on any atom is 0.309 e. The molecule has 0 aromatic heterocycles. The molecule has 0 bridgehead atoms. The van der Waals surface area contributed by atoms with Crippen LogP contribution < -0.4 is 9.47 Å². The predicted octanol–water partition coefficient (Wildman–Crippen LogP) is 2.18. The van der Waals surface area contributed by atoms with Crippen LogP contribution in [0, 0.1) is 0 Å². The summed E-state index contributed by atoms with van der Waals surface area (Å²) in [5.74, 6) is 0.947. The fourth-order valence-electron chi connectivity index (χ4n) is 1.26. The Kier molecular flexibility index (Phi) is 4.61. The summed E-state index contributed by atoms with van der Waals surface area (Å²) in [6.07, 6.45) is 0.191. The molecular weight excluding hydrogens is 276 g/mol. The van der Waals surface area contributed by atoms with Gasteiger partial charge in [-0.05, 0) is 33.6 Å². The average molecular weight is 289 g/mol. The van der Waals surface area contributed by atoms with E-state index in [0.717, 1.165) is 10.0 Å². The minimum Gasteiger partial charge on any atom is -0.495 e. The van der Waals surface area contributed by atoms with Gasteiger partial charge in [-0.1, -0.05) is 0 Å². The zero-order valence-corrected chi connectivity index (χ0v) is 11.0. The van der Waals surface area contributed by atoms with Gasteiger partial charge >= 0.3 is 5.97 Å². The maximum atomic E-state index is 11.1. The molecule has 0 heterocycles. The lowest BCUT2D eigenvalue weighted by atomic mass is 10.1. The molecule has 0 aliphatic rings. The van der Waals surface area contributed by atoms with Crippen LogP contribution in [-0.4, -0.2) is 27.3 Å². The smallest absolute Gasteiger partial charge is 0.309 e. The number of hydrogen-bond donors (Lipinski definition) is 0. The molecule has 4 nitrogen and oxygen atoms in total. The summed E-state index contributed by atoms with van der Waals surface area (Å²) in [5.41, 5.74) is 0.781. The number of halogens is 1. The highest BCUT2D eigenvalue weighted by Crippen LogP contribution is 2.35. The van der Waals surface area contributed by atoms with Crippen molar-refractivity contribution in [2.45, 2.75) is 6.42 Å². The van der Waals surface area contributed by atoms with E-state index in [1.54, 1.807) is 26.4 Å². The zero-order valence-electron chi connectivity index (χ0n) is 9.37. The highest BCUT2D eigenvalue weighted by molar-refractivity contribution is 9.10. The Labute approximate surface area is 103 Å². The van der Waals surface area contributed by atoms with Crippen LogP contribution in [0.5, 0.6) is 11.5 Å². The zero-order chi connectivity index (χ0) is 12.1. The molecular formula is C11H13BrO4. The minimum atomic E-state index is -0.300. The second kappa shape index (κ2) is 5.75. The van der Waals surface area contributed by atoms with Crippen LogP contribution in [0.25, 0.3) is 0 Å². The van der Waals surface area contributed by atoms with Crippen molar-refractivity contribution >= 4 is 21.9 Å². The van der Waals surface area contributed by atoms with Crippen LogP contribution in [0.15, 0.2) is 16.6 Å². The maximum absolute atomic E-state index is 11.1. The third-order valence-electron chi connectivity index (χ3n) is 2.08. The van der Waals surface area contributed by atoms with Crippen LogP contribution in [-0.2, 0) is 16.0 Å². The van der Waals surface area contributed by atoms with Crippen molar-refractivity contribution in [3.05, 3.63) is 22.2 Å². The SMILES string of the molecule is COC(=O)Cc1cc(OC)c(Br)c(OC)c1. The predicted molar refractivity (Wildman–Crippen MR) is 63.0 cm³/mol. The van der Waals surface area contributed by atoms with Gasteiger partial charge in [0, 0.05) is 0 Å². The van der Waals surface area contributed by atoms with E-state index >= 15 is 0 Å². The molecule has 0 radical (unpaired) electrons. The molecule has 1 aromatic rings. The van der Waals surface area contributed by atoms with Crippen LogP contribution in [0.3, 0.4) is 0 Å². The van der Waals surface area contributed by atoms with E-state index < -0.39 is 0 Å². The molecule has 88 valence electrons. The quantitative estimate of drug-likeness (QED) is 0.797. The van der Waals surface area contributed by atoms with Crippen molar-refractivity contribution in [2.75, 3.05) is 21.3 Å². The lowest BCUT2D eigenvalue weighted by Crippen LogP contribution is -2.05. The van der Waals surface area contributed by atoms with Gasteiger partial charge in [0.25, 0.3) is 0 Å². The van der Waals surface area contributed by atoms with E-state index in [9.17, 15) is 4.79 Å². The summed E-state index contributed by atoms with van der Waals surface area (Å²) in [4.78, 5) is 11.1. The number of rotatable bonds is 4. The number of ether oxygens (including phenoxy) is 3. The van der Waals surface area contributed by atoms with Gasteiger partial charge in [0.2, 0.25) is 0 Å². The first kappa shape index (κ1) is 12.8. The van der Waals surface area contributed by atoms with Gasteiger partial charge in [0.15, 0.2) is 0 Å². The number of carbonyl (C=O) groups is 1. The number of methoxy groups -OCH3 is 3. The second-order valence-electron chi connectivity index (χ2n) is 3.07. The Balaban J connectivity index is 3.06. The first-order chi connectivity index (χ1) is 7.62. The Morgan fingerprint density at radius 1 is 1.19 bits per heavy atom. The fraction of sp³-hybridized carbons (Fsp3) is 0.364. The van der Waals surface area contributed by atoms with E-state index in [0.29, 0.717) is 11.5 Å². The van der Waals surface area contributed by atoms with Crippen LogP contribution in [0.1, 0.15) is 5.56 Å². The lowest BCUT2D eigenvalue weighted by molar-refractivity contribution is -0.139. The summed E-state index contributed by atoms with van der Waals surface area (Å²) in [6, 6.07) is 3.53. The molecule has 0 aliphatic carbocycles. The lowest BCUT2D eigenvalue weighted by Gasteiger charge is -2.10. The van der Waals surface area contributed by atoms with Crippen LogP contribution >= 0.6 is 15.9 Å². The Morgan fingerprint density at radius 2 is 1.69 bits per heavy atom. The molecule has 16 heavy (non-hydrogen) atoms. The highest BCUT2D eigenvalue weighted by Gasteiger charge is 2.12. The van der Waals surface area contributed by atoms with Gasteiger partial charge in [-0.25, -0.2) is 0 Å². The molecule has 1 rings (SSSR count). The molecule has 1 aromatic carbocycles. The molecule has 0 saturated heterocycles. The van der Waals surface area contributed by atoms with E-state index in [4.69, 9.17) is 9.47 Å². The summed E-state index contributed by atoms with van der Waals surface area (Å²) in [6.45, 7) is 0. The fourth-order valence-corrected chi connectivity index (χ4v) is 1.82. The van der Waals surface area contributed by atoms with Crippen molar-refractivity contribution in [1.29, 1.82) is 0 Å². The Morgan fingerprint density at radius 3 is 2.06 bits per heavy atom. The van der Waals surface area contributed by atoms with Gasteiger partial charge in [-0.2, -0.15) is 0 Å². The molecule has 0 aliphatic heterocycles. The van der Waals surface area contributed by atoms with Crippen molar-refractivity contribution in [2.24, 2.45) is 0 Å². The van der Waals surface area contributed by atoms with Gasteiger partial charge in [0.1, 0.15) is 16.0 Å². The molecule has 0 amide bonds. The van der Waals surface area contributed by atoms with Crippen LogP contribution in [0.2, 0.25) is 0 Å². The number of carbonyl (C=O) groups excluding carboxylic acids is 1. The van der Waals surface area contributed by atoms with Crippen molar-refractivity contribution < 1.29 is 19.0 Å². The largest absolute Gasteiger partial charge is 0.495 e. The normalized spacial score (nSPS) is 9.75. The molecule has 0 spiro atoms. The molecule has 0 unspecified atom stereocenters. The number of esters is 1. The van der Waals surface area contributed by atoms with E-state index in [1.807, 2.05) is 0 Å². The molecule has 0 fully saturated rings. The Bertz CT molecular complexity index is 365. The van der Waals surface area contributed by atoms with Crippen molar-refractivity contribution in [3.8, 4) is 11.5 Å². The van der Waals surface area contributed by atoms with Gasteiger partial charge in [-0.3, -0.25) is 4.79 Å². The first-order valence-electron chi connectivity index (χ1n) is 4.59. The average Bonchev–Trinajstić information content (AvgIpc) is 2.30. The molecule has 0 atom stereocenters. The van der Waals surface area contributed by atoms with Crippen LogP contribution in [0.4, 0.5) is 0 Å². The minimum absolute atomic E-state index is 0.191. The molecule has 0 saturated carbocycles. The van der Waals surface area contributed by atoms with Crippen molar-refractivity contribution in [1.82, 2.24) is 0 Å². The third kappa shape index (κ3) is 2.88. The summed E-state index contributed by atoms with van der Waals surface area (Å²) >= 11 is 3.35. The highest BCUT2D eigenvalue weighted by atomic mass is 79.9. The molecule has 5 heteroatoms. The number of hydrogen-bond acceptors (Lipinski definition) is 4. The third-order valence-corrected chi connectivity index (χ3v) is 2.86. The monoisotopic (exact) mass is 288 g/mol. The van der Waals surface area contributed by atoms with Gasteiger partial charge in [0.05, 0.1) is 27.8 Å². The first-order valence-corrected chi connectivity index (χ1v) is 5.39. The second-order valence-corrected chi connectivity index (χ2v) is 3.86. The summed E-state index contributed by atoms with van der Waals surface area (Å²) in [7, 11) is 4.47. The molecule has 0 N–H and O–H groups in total. The summed E-state index contributed by atoms with van der Waals surface area (Å²) < 4.78 is 15.7. The standard InChI is InChI=1S/C11H13BrO4/c1-14-8-4-7(6-10(13)16-3)5-9(15-2)11(8)12/h4-5H,6H2,1-3H3. The van der Waals surface area contributed by atoms with E-state index in [1.165, 1.54) is 7.11 Å². The number of benzene rings is 1. The van der Waals surface area contributed by atoms with E-state index in [2.05, 4.69) is 20.7 Å². The van der Waals surface area contributed by atoms with Crippen molar-refractivity contribution in [3.63, 3.8) is 0 Å².